The lowest BCUT2D eigenvalue weighted by Gasteiger charge is -2.34. The molecule has 0 atom stereocenters. The summed E-state index contributed by atoms with van der Waals surface area (Å²) in [6.45, 7) is 6.44. The van der Waals surface area contributed by atoms with Crippen molar-refractivity contribution in [2.24, 2.45) is 4.99 Å². The molecular weight excluding hydrogens is 433 g/mol. The number of guanidine groups is 1. The average molecular weight is 463 g/mol. The van der Waals surface area contributed by atoms with E-state index in [0.29, 0.717) is 0 Å². The number of rotatable bonds is 7. The fraction of sp³-hybridized carbons (Fsp3) is 0.611. The number of hydrogen-bond acceptors (Lipinski definition) is 3. The summed E-state index contributed by atoms with van der Waals surface area (Å²) in [4.78, 5) is 4.83. The number of aliphatic imine (C=N–C) groups is 1. The Hall–Kier alpha value is -0.470. The zero-order chi connectivity index (χ0) is 16.4. The molecule has 2 rings (SSSR count). The first kappa shape index (κ1) is 21.6. The van der Waals surface area contributed by atoms with Gasteiger partial charge in [0.05, 0.1) is 6.54 Å². The highest BCUT2D eigenvalue weighted by Crippen LogP contribution is 2.33. The lowest BCUT2D eigenvalue weighted by atomic mass is 9.99. The van der Waals surface area contributed by atoms with Crippen LogP contribution in [0.3, 0.4) is 0 Å². The van der Waals surface area contributed by atoms with Crippen molar-refractivity contribution >= 4 is 41.7 Å². The number of halogens is 1. The van der Waals surface area contributed by atoms with Crippen LogP contribution in [-0.4, -0.2) is 49.8 Å². The minimum atomic E-state index is 0. The fourth-order valence-corrected chi connectivity index (χ4v) is 3.47. The zero-order valence-corrected chi connectivity index (χ0v) is 17.9. The van der Waals surface area contributed by atoms with E-state index < -0.39 is 0 Å². The standard InChI is InChI=1S/C18H29N3OS.HI/c1-3-19-17(20-12-9-16-7-5-4-6-8-16)21-15-18(23-2)10-13-22-14-11-18;/h4-8H,3,9-15H2,1-2H3,(H2,19,20,21);1H. The van der Waals surface area contributed by atoms with E-state index in [4.69, 9.17) is 9.73 Å². The maximum absolute atomic E-state index is 5.50. The van der Waals surface area contributed by atoms with Crippen molar-refractivity contribution in [1.82, 2.24) is 10.6 Å². The van der Waals surface area contributed by atoms with Gasteiger partial charge in [-0.25, -0.2) is 0 Å². The Balaban J connectivity index is 0.00000288. The molecule has 1 aromatic rings. The van der Waals surface area contributed by atoms with Gasteiger partial charge in [-0.3, -0.25) is 4.99 Å². The molecule has 1 saturated heterocycles. The third kappa shape index (κ3) is 7.19. The van der Waals surface area contributed by atoms with E-state index in [2.05, 4.69) is 54.1 Å². The van der Waals surface area contributed by atoms with E-state index >= 15 is 0 Å². The SMILES string of the molecule is CCNC(=NCC1(SC)CCOCC1)NCCc1ccccc1.I. The molecule has 0 aliphatic carbocycles. The molecule has 0 bridgehead atoms. The average Bonchev–Trinajstić information content (AvgIpc) is 2.61. The van der Waals surface area contributed by atoms with Crippen molar-refractivity contribution in [1.29, 1.82) is 0 Å². The van der Waals surface area contributed by atoms with Crippen molar-refractivity contribution in [3.63, 3.8) is 0 Å². The van der Waals surface area contributed by atoms with Gasteiger partial charge in [-0.05, 0) is 38.0 Å². The number of thioether (sulfide) groups is 1. The monoisotopic (exact) mass is 463 g/mol. The molecule has 1 heterocycles. The topological polar surface area (TPSA) is 45.7 Å². The normalized spacial score (nSPS) is 17.0. The molecule has 0 spiro atoms. The predicted octanol–water partition coefficient (Wildman–Crippen LogP) is 3.31. The van der Waals surface area contributed by atoms with Gasteiger partial charge in [-0.15, -0.1) is 24.0 Å². The van der Waals surface area contributed by atoms with Gasteiger partial charge in [0.25, 0.3) is 0 Å². The molecule has 0 amide bonds. The Morgan fingerprint density at radius 3 is 2.54 bits per heavy atom. The molecule has 24 heavy (non-hydrogen) atoms. The maximum atomic E-state index is 5.50. The van der Waals surface area contributed by atoms with Crippen LogP contribution in [0.25, 0.3) is 0 Å². The van der Waals surface area contributed by atoms with Gasteiger partial charge >= 0.3 is 0 Å². The number of nitrogens with zero attached hydrogens (tertiary/aromatic N) is 1. The summed E-state index contributed by atoms with van der Waals surface area (Å²) in [6.07, 6.45) is 5.37. The summed E-state index contributed by atoms with van der Waals surface area (Å²) in [7, 11) is 0. The zero-order valence-electron chi connectivity index (χ0n) is 14.7. The molecule has 1 fully saturated rings. The highest BCUT2D eigenvalue weighted by Gasteiger charge is 2.31. The van der Waals surface area contributed by atoms with Gasteiger partial charge in [-0.2, -0.15) is 11.8 Å². The number of hydrogen-bond donors (Lipinski definition) is 2. The molecule has 6 heteroatoms. The Morgan fingerprint density at radius 1 is 1.21 bits per heavy atom. The minimum Gasteiger partial charge on any atom is -0.381 e. The van der Waals surface area contributed by atoms with Crippen LogP contribution in [-0.2, 0) is 11.2 Å². The van der Waals surface area contributed by atoms with Gasteiger partial charge in [0.15, 0.2) is 5.96 Å². The van der Waals surface area contributed by atoms with Crippen LogP contribution < -0.4 is 10.6 Å². The third-order valence-electron chi connectivity index (χ3n) is 4.26. The first-order valence-electron chi connectivity index (χ1n) is 8.47. The van der Waals surface area contributed by atoms with Crippen LogP contribution >= 0.6 is 35.7 Å². The van der Waals surface area contributed by atoms with Crippen LogP contribution in [0.2, 0.25) is 0 Å². The molecule has 1 aliphatic heterocycles. The Bertz CT molecular complexity index is 478. The van der Waals surface area contributed by atoms with Gasteiger partial charge in [-0.1, -0.05) is 30.3 Å². The summed E-state index contributed by atoms with van der Waals surface area (Å²) in [5, 5.41) is 6.80. The highest BCUT2D eigenvalue weighted by molar-refractivity contribution is 14.0. The largest absolute Gasteiger partial charge is 0.381 e. The van der Waals surface area contributed by atoms with Crippen LogP contribution in [0.4, 0.5) is 0 Å². The first-order chi connectivity index (χ1) is 11.3. The molecule has 1 aliphatic rings. The maximum Gasteiger partial charge on any atom is 0.191 e. The summed E-state index contributed by atoms with van der Waals surface area (Å²) >= 11 is 1.93. The molecule has 2 N–H and O–H groups in total. The highest BCUT2D eigenvalue weighted by atomic mass is 127. The predicted molar refractivity (Wildman–Crippen MR) is 116 cm³/mol. The van der Waals surface area contributed by atoms with E-state index in [1.807, 2.05) is 11.8 Å². The molecule has 0 radical (unpaired) electrons. The smallest absolute Gasteiger partial charge is 0.191 e. The molecule has 1 aromatic carbocycles. The van der Waals surface area contributed by atoms with E-state index in [-0.39, 0.29) is 28.7 Å². The molecule has 0 saturated carbocycles. The fourth-order valence-electron chi connectivity index (χ4n) is 2.70. The van der Waals surface area contributed by atoms with Crippen molar-refractivity contribution in [3.05, 3.63) is 35.9 Å². The second-order valence-electron chi connectivity index (χ2n) is 5.86. The van der Waals surface area contributed by atoms with Gasteiger partial charge in [0, 0.05) is 31.1 Å². The van der Waals surface area contributed by atoms with Crippen molar-refractivity contribution < 1.29 is 4.74 Å². The van der Waals surface area contributed by atoms with Crippen LogP contribution in [0.15, 0.2) is 35.3 Å². The van der Waals surface area contributed by atoms with Crippen LogP contribution in [0.5, 0.6) is 0 Å². The lowest BCUT2D eigenvalue weighted by molar-refractivity contribution is 0.0794. The lowest BCUT2D eigenvalue weighted by Crippen LogP contribution is -2.41. The molecule has 136 valence electrons. The van der Waals surface area contributed by atoms with Crippen LogP contribution in [0, 0.1) is 0 Å². The van der Waals surface area contributed by atoms with E-state index in [1.54, 1.807) is 0 Å². The number of nitrogens with one attached hydrogen (secondary N) is 2. The minimum absolute atomic E-state index is 0. The molecule has 0 aromatic heterocycles. The number of benzene rings is 1. The van der Waals surface area contributed by atoms with E-state index in [9.17, 15) is 0 Å². The summed E-state index contributed by atoms with van der Waals surface area (Å²) in [5.74, 6) is 0.920. The van der Waals surface area contributed by atoms with Crippen molar-refractivity contribution in [2.75, 3.05) is 39.1 Å². The Kier molecular flexibility index (Phi) is 10.8. The Morgan fingerprint density at radius 2 is 1.92 bits per heavy atom. The quantitative estimate of drug-likeness (QED) is 0.370. The van der Waals surface area contributed by atoms with Crippen molar-refractivity contribution in [3.8, 4) is 0 Å². The third-order valence-corrected chi connectivity index (χ3v) is 5.66. The van der Waals surface area contributed by atoms with Gasteiger partial charge in [0.1, 0.15) is 0 Å². The second kappa shape index (κ2) is 12.0. The van der Waals surface area contributed by atoms with E-state index in [0.717, 1.165) is 58.1 Å². The molecule has 4 nitrogen and oxygen atoms in total. The number of ether oxygens (including phenoxy) is 1. The van der Waals surface area contributed by atoms with Gasteiger partial charge in [0.2, 0.25) is 0 Å². The summed E-state index contributed by atoms with van der Waals surface area (Å²) < 4.78 is 5.74. The van der Waals surface area contributed by atoms with Crippen LogP contribution in [0.1, 0.15) is 25.3 Å². The van der Waals surface area contributed by atoms with Crippen molar-refractivity contribution in [2.45, 2.75) is 30.9 Å². The van der Waals surface area contributed by atoms with E-state index in [1.165, 1.54) is 5.56 Å². The Labute approximate surface area is 167 Å². The summed E-state index contributed by atoms with van der Waals surface area (Å²) in [5.41, 5.74) is 1.35. The first-order valence-corrected chi connectivity index (χ1v) is 9.69. The second-order valence-corrected chi connectivity index (χ2v) is 7.13. The molecule has 0 unspecified atom stereocenters. The van der Waals surface area contributed by atoms with Gasteiger partial charge < -0.3 is 15.4 Å². The molecular formula is C18H30IN3OS. The summed E-state index contributed by atoms with van der Waals surface area (Å²) in [6, 6.07) is 10.6.